The van der Waals surface area contributed by atoms with Crippen molar-refractivity contribution in [1.29, 1.82) is 0 Å². The van der Waals surface area contributed by atoms with Gasteiger partial charge < -0.3 is 5.32 Å². The van der Waals surface area contributed by atoms with Gasteiger partial charge in [0.1, 0.15) is 11.6 Å². The van der Waals surface area contributed by atoms with E-state index in [0.29, 0.717) is 5.69 Å². The Labute approximate surface area is 125 Å². The van der Waals surface area contributed by atoms with Crippen LogP contribution in [0.1, 0.15) is 12.0 Å². The Hall–Kier alpha value is -1.95. The summed E-state index contributed by atoms with van der Waals surface area (Å²) in [6, 6.07) is 6.77. The van der Waals surface area contributed by atoms with Gasteiger partial charge in [-0.3, -0.25) is 4.79 Å². The molecule has 0 aliphatic heterocycles. The molecular formula is C15H14F2N2OS. The second-order valence-corrected chi connectivity index (χ2v) is 5.20. The molecule has 1 amide bonds. The number of halogens is 2. The van der Waals surface area contributed by atoms with Crippen LogP contribution in [0.5, 0.6) is 0 Å². The fraction of sp³-hybridized carbons (Fsp3) is 0.200. The Kier molecular flexibility index (Phi) is 5.27. The minimum Gasteiger partial charge on any atom is -0.325 e. The molecule has 0 spiro atoms. The highest BCUT2D eigenvalue weighted by atomic mass is 32.2. The number of thioether (sulfide) groups is 1. The minimum absolute atomic E-state index is 0.0741. The molecule has 110 valence electrons. The van der Waals surface area contributed by atoms with Gasteiger partial charge in [-0.15, -0.1) is 11.8 Å². The largest absolute Gasteiger partial charge is 0.325 e. The summed E-state index contributed by atoms with van der Waals surface area (Å²) in [6.07, 6.45) is 3.69. The van der Waals surface area contributed by atoms with Crippen LogP contribution in [0, 0.1) is 11.6 Å². The first kappa shape index (κ1) is 15.4. The van der Waals surface area contributed by atoms with E-state index < -0.39 is 11.6 Å². The minimum atomic E-state index is -0.510. The molecule has 0 atom stereocenters. The van der Waals surface area contributed by atoms with E-state index in [1.165, 1.54) is 11.8 Å². The van der Waals surface area contributed by atoms with E-state index >= 15 is 0 Å². The third kappa shape index (κ3) is 4.53. The molecule has 1 heterocycles. The first-order valence-electron chi connectivity index (χ1n) is 6.32. The third-order valence-corrected chi connectivity index (χ3v) is 3.52. The van der Waals surface area contributed by atoms with Gasteiger partial charge in [0.05, 0.1) is 16.9 Å². The normalized spacial score (nSPS) is 10.4. The van der Waals surface area contributed by atoms with Crippen LogP contribution in [0.4, 0.5) is 14.5 Å². The molecule has 2 aromatic rings. The van der Waals surface area contributed by atoms with Crippen LogP contribution in [-0.2, 0) is 11.2 Å². The predicted molar refractivity (Wildman–Crippen MR) is 79.3 cm³/mol. The average Bonchev–Trinajstić information content (AvgIpc) is 2.49. The van der Waals surface area contributed by atoms with E-state index in [1.54, 1.807) is 18.3 Å². The Bertz CT molecular complexity index is 632. The summed E-state index contributed by atoms with van der Waals surface area (Å²) < 4.78 is 26.4. The smallest absolute Gasteiger partial charge is 0.224 e. The van der Waals surface area contributed by atoms with Crippen LogP contribution in [0.15, 0.2) is 41.6 Å². The Morgan fingerprint density at radius 1 is 1.29 bits per heavy atom. The zero-order chi connectivity index (χ0) is 15.2. The second kappa shape index (κ2) is 7.17. The first-order valence-corrected chi connectivity index (χ1v) is 7.55. The molecule has 0 aliphatic rings. The Morgan fingerprint density at radius 3 is 2.76 bits per heavy atom. The molecule has 0 bridgehead atoms. The number of hydrogen-bond donors (Lipinski definition) is 1. The molecule has 0 radical (unpaired) electrons. The van der Waals surface area contributed by atoms with Crippen molar-refractivity contribution in [3.63, 3.8) is 0 Å². The quantitative estimate of drug-likeness (QED) is 0.857. The zero-order valence-electron chi connectivity index (χ0n) is 11.4. The first-order chi connectivity index (χ1) is 10.1. The van der Waals surface area contributed by atoms with E-state index in [2.05, 4.69) is 10.3 Å². The number of nitrogens with zero attached hydrogens (tertiary/aromatic N) is 1. The van der Waals surface area contributed by atoms with E-state index in [4.69, 9.17) is 0 Å². The van der Waals surface area contributed by atoms with Gasteiger partial charge >= 0.3 is 0 Å². The van der Waals surface area contributed by atoms with Gasteiger partial charge in [-0.25, -0.2) is 13.8 Å². The monoisotopic (exact) mass is 308 g/mol. The van der Waals surface area contributed by atoms with Gasteiger partial charge in [-0.05, 0) is 48.6 Å². The van der Waals surface area contributed by atoms with E-state index in [9.17, 15) is 13.6 Å². The fourth-order valence-corrected chi connectivity index (χ4v) is 2.14. The van der Waals surface area contributed by atoms with Gasteiger partial charge in [0.15, 0.2) is 0 Å². The number of anilines is 1. The number of aromatic nitrogens is 1. The van der Waals surface area contributed by atoms with Crippen molar-refractivity contribution in [1.82, 2.24) is 4.98 Å². The highest BCUT2D eigenvalue weighted by Crippen LogP contribution is 2.15. The van der Waals surface area contributed by atoms with Crippen molar-refractivity contribution in [3.8, 4) is 0 Å². The summed E-state index contributed by atoms with van der Waals surface area (Å²) in [5.74, 6) is -1.28. The lowest BCUT2D eigenvalue weighted by Gasteiger charge is -2.06. The van der Waals surface area contributed by atoms with Crippen molar-refractivity contribution in [2.45, 2.75) is 17.9 Å². The number of rotatable bonds is 5. The predicted octanol–water partition coefficient (Wildman–Crippen LogP) is 3.65. The van der Waals surface area contributed by atoms with Crippen molar-refractivity contribution in [2.24, 2.45) is 0 Å². The summed E-state index contributed by atoms with van der Waals surface area (Å²) in [7, 11) is 0. The summed E-state index contributed by atoms with van der Waals surface area (Å²) in [6.45, 7) is 0. The van der Waals surface area contributed by atoms with E-state index in [1.807, 2.05) is 6.26 Å². The number of amides is 1. The highest BCUT2D eigenvalue weighted by molar-refractivity contribution is 7.98. The molecule has 1 N–H and O–H groups in total. The number of carbonyl (C=O) groups is 1. The van der Waals surface area contributed by atoms with E-state index in [0.717, 1.165) is 23.2 Å². The number of carbonyl (C=O) groups excluding carboxylic acids is 1. The summed E-state index contributed by atoms with van der Waals surface area (Å²) in [5, 5.41) is 3.53. The molecule has 0 fully saturated rings. The Morgan fingerprint density at radius 2 is 2.10 bits per heavy atom. The molecule has 1 aromatic carbocycles. The van der Waals surface area contributed by atoms with Gasteiger partial charge in [-0.2, -0.15) is 0 Å². The molecule has 6 heteroatoms. The molecule has 0 saturated carbocycles. The van der Waals surface area contributed by atoms with Crippen molar-refractivity contribution in [2.75, 3.05) is 11.6 Å². The van der Waals surface area contributed by atoms with Gasteiger partial charge in [-0.1, -0.05) is 0 Å². The maximum absolute atomic E-state index is 13.4. The molecule has 21 heavy (non-hydrogen) atoms. The van der Waals surface area contributed by atoms with Gasteiger partial charge in [0.25, 0.3) is 0 Å². The third-order valence-electron chi connectivity index (χ3n) is 2.86. The summed E-state index contributed by atoms with van der Waals surface area (Å²) >= 11 is 1.51. The lowest BCUT2D eigenvalue weighted by Crippen LogP contribution is -2.13. The molecule has 0 aliphatic carbocycles. The molecular weight excluding hydrogens is 294 g/mol. The van der Waals surface area contributed by atoms with E-state index in [-0.39, 0.29) is 24.3 Å². The molecule has 0 unspecified atom stereocenters. The van der Waals surface area contributed by atoms with Crippen LogP contribution < -0.4 is 5.32 Å². The highest BCUT2D eigenvalue weighted by Gasteiger charge is 2.08. The van der Waals surface area contributed by atoms with Crippen molar-refractivity contribution >= 4 is 23.4 Å². The van der Waals surface area contributed by atoms with Crippen molar-refractivity contribution in [3.05, 3.63) is 53.7 Å². The van der Waals surface area contributed by atoms with Crippen LogP contribution >= 0.6 is 11.8 Å². The lowest BCUT2D eigenvalue weighted by atomic mass is 10.1. The molecule has 0 saturated heterocycles. The average molecular weight is 308 g/mol. The van der Waals surface area contributed by atoms with Gasteiger partial charge in [0, 0.05) is 6.42 Å². The standard InChI is InChI=1S/C15H14F2N2OS/c1-21-15-7-4-12(9-18-15)19-14(20)6-2-10-8-11(16)3-5-13(10)17/h3-5,7-9H,2,6H2,1H3,(H,19,20). The van der Waals surface area contributed by atoms with Crippen LogP contribution in [-0.4, -0.2) is 17.1 Å². The molecule has 3 nitrogen and oxygen atoms in total. The summed E-state index contributed by atoms with van der Waals surface area (Å²) in [4.78, 5) is 15.9. The number of nitrogens with one attached hydrogen (secondary N) is 1. The summed E-state index contributed by atoms with van der Waals surface area (Å²) in [5.41, 5.74) is 0.776. The number of pyridine rings is 1. The number of hydrogen-bond acceptors (Lipinski definition) is 3. The van der Waals surface area contributed by atoms with Crippen LogP contribution in [0.3, 0.4) is 0 Å². The fourth-order valence-electron chi connectivity index (χ4n) is 1.78. The maximum atomic E-state index is 13.4. The molecule has 1 aromatic heterocycles. The van der Waals surface area contributed by atoms with Gasteiger partial charge in [0.2, 0.25) is 5.91 Å². The Balaban J connectivity index is 1.91. The topological polar surface area (TPSA) is 42.0 Å². The van der Waals surface area contributed by atoms with Crippen LogP contribution in [0.25, 0.3) is 0 Å². The van der Waals surface area contributed by atoms with Crippen LogP contribution in [0.2, 0.25) is 0 Å². The maximum Gasteiger partial charge on any atom is 0.224 e. The molecule has 2 rings (SSSR count). The SMILES string of the molecule is CSc1ccc(NC(=O)CCc2cc(F)ccc2F)cn1. The zero-order valence-corrected chi connectivity index (χ0v) is 12.2. The lowest BCUT2D eigenvalue weighted by molar-refractivity contribution is -0.116. The second-order valence-electron chi connectivity index (χ2n) is 4.37. The number of aryl methyl sites for hydroxylation is 1. The number of benzene rings is 1. The van der Waals surface area contributed by atoms with Crippen molar-refractivity contribution < 1.29 is 13.6 Å².